The van der Waals surface area contributed by atoms with Crippen LogP contribution < -0.4 is 4.57 Å². The molecule has 1 aromatic heterocycles. The lowest BCUT2D eigenvalue weighted by molar-refractivity contribution is -0.671. The van der Waals surface area contributed by atoms with Gasteiger partial charge in [0, 0.05) is 0 Å². The van der Waals surface area contributed by atoms with E-state index in [-0.39, 0.29) is 0 Å². The summed E-state index contributed by atoms with van der Waals surface area (Å²) in [6.45, 7) is 7.18. The maximum absolute atomic E-state index is 2.12. The summed E-state index contributed by atoms with van der Waals surface area (Å²) < 4.78 is 4.16. The summed E-state index contributed by atoms with van der Waals surface area (Å²) in [5.41, 5.74) is 0. The predicted molar refractivity (Wildman–Crippen MR) is 42.6 cm³/mol. The van der Waals surface area contributed by atoms with E-state index in [9.17, 15) is 0 Å². The molecule has 10 heavy (non-hydrogen) atoms. The number of aryl methyl sites for hydroxylation is 2. The van der Waals surface area contributed by atoms with Crippen LogP contribution in [0.4, 0.5) is 0 Å². The van der Waals surface area contributed by atoms with Crippen LogP contribution in [0.5, 0.6) is 0 Å². The Hall–Kier alpha value is -0.790. The first-order valence-corrected chi connectivity index (χ1v) is 3.84. The second-order valence-corrected chi connectivity index (χ2v) is 1.91. The molecule has 0 N–H and O–H groups in total. The van der Waals surface area contributed by atoms with Gasteiger partial charge in [-0.25, -0.2) is 9.13 Å². The highest BCUT2D eigenvalue weighted by Crippen LogP contribution is 1.79. The van der Waals surface area contributed by atoms with E-state index in [1.165, 1.54) is 0 Å². The van der Waals surface area contributed by atoms with E-state index in [4.69, 9.17) is 0 Å². The van der Waals surface area contributed by atoms with Crippen molar-refractivity contribution in [2.24, 2.45) is 7.05 Å². The molecule has 0 saturated carbocycles. The second-order valence-electron chi connectivity index (χ2n) is 1.91. The van der Waals surface area contributed by atoms with Gasteiger partial charge in [-0.1, -0.05) is 13.8 Å². The maximum Gasteiger partial charge on any atom is 0.243 e. The Balaban J connectivity index is 0.000000371. The normalized spacial score (nSPS) is 8.40. The Morgan fingerprint density at radius 3 is 2.20 bits per heavy atom. The van der Waals surface area contributed by atoms with Crippen molar-refractivity contribution in [2.75, 3.05) is 0 Å². The summed E-state index contributed by atoms with van der Waals surface area (Å²) >= 11 is 0. The van der Waals surface area contributed by atoms with Gasteiger partial charge in [-0.15, -0.1) is 0 Å². The molecule has 2 heteroatoms. The van der Waals surface area contributed by atoms with Gasteiger partial charge in [0.1, 0.15) is 12.4 Å². The van der Waals surface area contributed by atoms with Crippen molar-refractivity contribution in [2.45, 2.75) is 27.3 Å². The van der Waals surface area contributed by atoms with E-state index in [2.05, 4.69) is 24.0 Å². The van der Waals surface area contributed by atoms with E-state index in [0.717, 1.165) is 6.54 Å². The topological polar surface area (TPSA) is 8.81 Å². The van der Waals surface area contributed by atoms with Crippen LogP contribution in [-0.4, -0.2) is 4.57 Å². The Labute approximate surface area is 63.1 Å². The van der Waals surface area contributed by atoms with Crippen LogP contribution in [0.1, 0.15) is 20.8 Å². The highest BCUT2D eigenvalue weighted by atomic mass is 15.1. The Bertz CT molecular complexity index is 168. The monoisotopic (exact) mass is 141 g/mol. The molecule has 0 atom stereocenters. The summed E-state index contributed by atoms with van der Waals surface area (Å²) in [7, 11) is 2.02. The van der Waals surface area contributed by atoms with Crippen molar-refractivity contribution < 1.29 is 4.57 Å². The molecule has 0 aromatic carbocycles. The maximum atomic E-state index is 2.12. The van der Waals surface area contributed by atoms with Crippen molar-refractivity contribution in [1.29, 1.82) is 0 Å². The minimum absolute atomic E-state index is 1.06. The van der Waals surface area contributed by atoms with Gasteiger partial charge < -0.3 is 0 Å². The van der Waals surface area contributed by atoms with E-state index in [1.54, 1.807) is 0 Å². The number of hydrogen-bond donors (Lipinski definition) is 0. The Morgan fingerprint density at radius 2 is 2.00 bits per heavy atom. The highest BCUT2D eigenvalue weighted by Gasteiger charge is 1.92. The minimum Gasteiger partial charge on any atom is -0.240 e. The molecular formula is C8H17N2+. The highest BCUT2D eigenvalue weighted by molar-refractivity contribution is 4.63. The molecule has 0 amide bonds. The summed E-state index contributed by atoms with van der Waals surface area (Å²) in [5.74, 6) is 0. The van der Waals surface area contributed by atoms with Crippen molar-refractivity contribution in [1.82, 2.24) is 4.57 Å². The fourth-order valence-corrected chi connectivity index (χ4v) is 0.689. The second kappa shape index (κ2) is 5.03. The number of hydrogen-bond acceptors (Lipinski definition) is 0. The Morgan fingerprint density at radius 1 is 1.40 bits per heavy atom. The summed E-state index contributed by atoms with van der Waals surface area (Å²) in [6.07, 6.45) is 6.14. The molecule has 0 fully saturated rings. The molecule has 58 valence electrons. The molecule has 1 heterocycles. The molecule has 0 bridgehead atoms. The SMILES string of the molecule is CC.CCn1cc[n+](C)c1. The van der Waals surface area contributed by atoms with Crippen LogP contribution in [0, 0.1) is 0 Å². The average Bonchev–Trinajstić information content (AvgIpc) is 2.40. The minimum atomic E-state index is 1.06. The lowest BCUT2D eigenvalue weighted by Gasteiger charge is -1.81. The van der Waals surface area contributed by atoms with Gasteiger partial charge in [0.25, 0.3) is 0 Å². The quantitative estimate of drug-likeness (QED) is 0.522. The largest absolute Gasteiger partial charge is 0.243 e. The molecule has 0 spiro atoms. The first kappa shape index (κ1) is 9.21. The van der Waals surface area contributed by atoms with Crippen molar-refractivity contribution >= 4 is 0 Å². The number of aromatic nitrogens is 2. The molecular weight excluding hydrogens is 124 g/mol. The van der Waals surface area contributed by atoms with Crippen LogP contribution in [0.25, 0.3) is 0 Å². The Kier molecular flexibility index (Phi) is 4.63. The smallest absolute Gasteiger partial charge is 0.240 e. The molecule has 0 aliphatic carbocycles. The van der Waals surface area contributed by atoms with Crippen LogP contribution in [0.3, 0.4) is 0 Å². The molecule has 1 aromatic rings. The lowest BCUT2D eigenvalue weighted by atomic mass is 10.7. The van der Waals surface area contributed by atoms with Gasteiger partial charge in [-0.2, -0.15) is 0 Å². The molecule has 0 aliphatic rings. The fourth-order valence-electron chi connectivity index (χ4n) is 0.689. The molecule has 0 aliphatic heterocycles. The molecule has 2 nitrogen and oxygen atoms in total. The van der Waals surface area contributed by atoms with Crippen LogP contribution in [0.2, 0.25) is 0 Å². The third-order valence-corrected chi connectivity index (χ3v) is 1.19. The van der Waals surface area contributed by atoms with Crippen LogP contribution in [-0.2, 0) is 13.6 Å². The van der Waals surface area contributed by atoms with E-state index >= 15 is 0 Å². The van der Waals surface area contributed by atoms with Gasteiger partial charge in [0.15, 0.2) is 0 Å². The zero-order valence-corrected chi connectivity index (χ0v) is 7.33. The molecule has 0 unspecified atom stereocenters. The average molecular weight is 141 g/mol. The van der Waals surface area contributed by atoms with E-state index in [1.807, 2.05) is 31.7 Å². The summed E-state index contributed by atoms with van der Waals surface area (Å²) in [4.78, 5) is 0. The standard InChI is InChI=1S/C6H11N2.C2H6/c1-3-8-5-4-7(2)6-8;1-2/h4-6H,3H2,1-2H3;1-2H3/q+1;. The van der Waals surface area contributed by atoms with Gasteiger partial charge in [-0.05, 0) is 6.92 Å². The summed E-state index contributed by atoms with van der Waals surface area (Å²) in [5, 5.41) is 0. The zero-order valence-electron chi connectivity index (χ0n) is 7.33. The predicted octanol–water partition coefficient (Wildman–Crippen LogP) is 1.36. The third kappa shape index (κ3) is 2.67. The number of nitrogens with zero attached hydrogens (tertiary/aromatic N) is 2. The van der Waals surface area contributed by atoms with Crippen molar-refractivity contribution in [3.63, 3.8) is 0 Å². The van der Waals surface area contributed by atoms with Crippen LogP contribution in [0.15, 0.2) is 18.7 Å². The zero-order chi connectivity index (χ0) is 7.98. The fraction of sp³-hybridized carbons (Fsp3) is 0.625. The first-order chi connectivity index (χ1) is 4.83. The number of rotatable bonds is 1. The van der Waals surface area contributed by atoms with Gasteiger partial charge in [0.2, 0.25) is 6.33 Å². The van der Waals surface area contributed by atoms with Gasteiger partial charge in [-0.3, -0.25) is 0 Å². The molecule has 1 rings (SSSR count). The van der Waals surface area contributed by atoms with E-state index in [0.29, 0.717) is 0 Å². The van der Waals surface area contributed by atoms with Gasteiger partial charge in [0.05, 0.1) is 13.6 Å². The molecule has 0 radical (unpaired) electrons. The first-order valence-electron chi connectivity index (χ1n) is 3.84. The van der Waals surface area contributed by atoms with Gasteiger partial charge >= 0.3 is 0 Å². The lowest BCUT2D eigenvalue weighted by Crippen LogP contribution is -2.23. The van der Waals surface area contributed by atoms with E-state index < -0.39 is 0 Å². The summed E-state index contributed by atoms with van der Waals surface area (Å²) in [6, 6.07) is 0. The van der Waals surface area contributed by atoms with Crippen molar-refractivity contribution in [3.05, 3.63) is 18.7 Å². The third-order valence-electron chi connectivity index (χ3n) is 1.19. The molecule has 0 saturated heterocycles. The number of imidazole rings is 1. The van der Waals surface area contributed by atoms with Crippen LogP contribution >= 0.6 is 0 Å². The van der Waals surface area contributed by atoms with Crippen molar-refractivity contribution in [3.8, 4) is 0 Å².